The van der Waals surface area contributed by atoms with Gasteiger partial charge in [-0.1, -0.05) is 6.07 Å². The van der Waals surface area contributed by atoms with Crippen LogP contribution >= 0.6 is 11.3 Å². The van der Waals surface area contributed by atoms with Crippen molar-refractivity contribution in [2.45, 2.75) is 38.8 Å². The van der Waals surface area contributed by atoms with E-state index in [1.54, 1.807) is 11.3 Å². The molecule has 3 aromatic rings. The normalized spacial score (nSPS) is 17.0. The number of anilines is 1. The van der Waals surface area contributed by atoms with Gasteiger partial charge < -0.3 is 10.4 Å². The first-order valence-electron chi connectivity index (χ1n) is 9.70. The number of nitrogens with zero attached hydrogens (tertiary/aromatic N) is 2. The lowest BCUT2D eigenvalue weighted by atomic mass is 10.1. The fourth-order valence-electron chi connectivity index (χ4n) is 3.54. The number of likely N-dealkylation sites (tertiary alicyclic amines) is 1. The summed E-state index contributed by atoms with van der Waals surface area (Å²) in [5, 5.41) is 13.6. The molecule has 0 spiro atoms. The number of rotatable bonds is 4. The molecule has 2 N–H and O–H groups in total. The molecule has 2 heterocycles. The molecule has 1 aliphatic heterocycles. The molecule has 6 heteroatoms. The number of nitrogens with one attached hydrogen (secondary N) is 1. The van der Waals surface area contributed by atoms with Crippen molar-refractivity contribution >= 4 is 33.1 Å². The highest BCUT2D eigenvalue weighted by molar-refractivity contribution is 7.21. The topological polar surface area (TPSA) is 65.5 Å². The van der Waals surface area contributed by atoms with Gasteiger partial charge in [0.15, 0.2) is 0 Å². The Kier molecular flexibility index (Phi) is 5.44. The highest BCUT2D eigenvalue weighted by Gasteiger charge is 2.25. The van der Waals surface area contributed by atoms with Gasteiger partial charge in [-0.25, -0.2) is 4.98 Å². The number of aryl methyl sites for hydroxylation is 1. The van der Waals surface area contributed by atoms with Crippen LogP contribution in [-0.2, 0) is 4.79 Å². The summed E-state index contributed by atoms with van der Waals surface area (Å²) < 4.78 is 1.19. The van der Waals surface area contributed by atoms with Crippen LogP contribution < -0.4 is 5.32 Å². The lowest BCUT2D eigenvalue weighted by Gasteiger charge is -2.33. The molecule has 2 aromatic carbocycles. The maximum absolute atomic E-state index is 12.6. The molecule has 0 bridgehead atoms. The van der Waals surface area contributed by atoms with Gasteiger partial charge in [0.05, 0.1) is 22.4 Å². The van der Waals surface area contributed by atoms with Crippen LogP contribution in [0, 0.1) is 6.92 Å². The minimum absolute atomic E-state index is 0.0143. The minimum Gasteiger partial charge on any atom is -0.393 e. The number of hydrogen-bond acceptors (Lipinski definition) is 5. The number of benzene rings is 2. The largest absolute Gasteiger partial charge is 0.393 e. The van der Waals surface area contributed by atoms with Crippen molar-refractivity contribution in [3.8, 4) is 10.6 Å². The summed E-state index contributed by atoms with van der Waals surface area (Å²) in [6.07, 6.45) is 1.23. The van der Waals surface area contributed by atoms with E-state index in [9.17, 15) is 9.90 Å². The first-order valence-corrected chi connectivity index (χ1v) is 10.5. The van der Waals surface area contributed by atoms with Crippen molar-refractivity contribution in [1.82, 2.24) is 9.88 Å². The van der Waals surface area contributed by atoms with Crippen molar-refractivity contribution in [3.05, 3.63) is 48.0 Å². The Morgan fingerprint density at radius 3 is 2.64 bits per heavy atom. The predicted octanol–water partition coefficient (Wildman–Crippen LogP) is 4.06. The fraction of sp³-hybridized carbons (Fsp3) is 0.364. The zero-order valence-electron chi connectivity index (χ0n) is 16.2. The Hall–Kier alpha value is -2.28. The molecule has 1 amide bonds. The lowest BCUT2D eigenvalue weighted by molar-refractivity contribution is -0.121. The molecule has 146 valence electrons. The monoisotopic (exact) mass is 395 g/mol. The van der Waals surface area contributed by atoms with E-state index in [1.807, 2.05) is 31.2 Å². The first-order chi connectivity index (χ1) is 13.5. The SMILES string of the molecule is Cc1ccc2nc(-c3ccc(NC(=O)C(C)N4CCC(O)CC4)cc3)sc2c1. The number of carbonyl (C=O) groups excluding carboxylic acids is 1. The van der Waals surface area contributed by atoms with Crippen molar-refractivity contribution in [3.63, 3.8) is 0 Å². The Morgan fingerprint density at radius 2 is 1.93 bits per heavy atom. The number of carbonyl (C=O) groups is 1. The molecular formula is C22H25N3O2S. The minimum atomic E-state index is -0.231. The Balaban J connectivity index is 1.43. The summed E-state index contributed by atoms with van der Waals surface area (Å²) in [6.45, 7) is 5.52. The van der Waals surface area contributed by atoms with Crippen molar-refractivity contribution in [2.75, 3.05) is 18.4 Å². The number of hydrogen-bond donors (Lipinski definition) is 2. The van der Waals surface area contributed by atoms with E-state index in [4.69, 9.17) is 4.98 Å². The molecule has 1 aliphatic rings. The molecule has 0 aliphatic carbocycles. The Bertz CT molecular complexity index is 975. The second-order valence-electron chi connectivity index (χ2n) is 7.50. The van der Waals surface area contributed by atoms with Crippen LogP contribution in [0.15, 0.2) is 42.5 Å². The highest BCUT2D eigenvalue weighted by atomic mass is 32.1. The van der Waals surface area contributed by atoms with Crippen LogP contribution in [-0.4, -0.2) is 46.1 Å². The van der Waals surface area contributed by atoms with E-state index in [2.05, 4.69) is 35.3 Å². The van der Waals surface area contributed by atoms with Gasteiger partial charge in [-0.3, -0.25) is 9.69 Å². The van der Waals surface area contributed by atoms with Gasteiger partial charge in [-0.05, 0) is 68.7 Å². The maximum atomic E-state index is 12.6. The molecule has 1 unspecified atom stereocenters. The molecule has 1 saturated heterocycles. The molecule has 4 rings (SSSR count). The predicted molar refractivity (Wildman–Crippen MR) is 115 cm³/mol. The molecule has 1 fully saturated rings. The fourth-order valence-corrected chi connectivity index (χ4v) is 4.61. The number of aliphatic hydroxyl groups excluding tert-OH is 1. The van der Waals surface area contributed by atoms with Gasteiger partial charge in [-0.2, -0.15) is 0 Å². The van der Waals surface area contributed by atoms with Crippen molar-refractivity contribution < 1.29 is 9.90 Å². The van der Waals surface area contributed by atoms with Crippen LogP contribution in [0.2, 0.25) is 0 Å². The molecule has 1 aromatic heterocycles. The summed E-state index contributed by atoms with van der Waals surface area (Å²) in [5.74, 6) is -0.0143. The number of aliphatic hydroxyl groups is 1. The quantitative estimate of drug-likeness (QED) is 0.699. The Labute approximate surface area is 169 Å². The molecule has 1 atom stereocenters. The van der Waals surface area contributed by atoms with E-state index < -0.39 is 0 Å². The van der Waals surface area contributed by atoms with E-state index in [-0.39, 0.29) is 18.1 Å². The zero-order chi connectivity index (χ0) is 19.7. The number of fused-ring (bicyclic) bond motifs is 1. The zero-order valence-corrected chi connectivity index (χ0v) is 17.0. The standard InChI is InChI=1S/C22H25N3O2S/c1-14-3-8-19-20(13-14)28-22(24-19)16-4-6-17(7-5-16)23-21(27)15(2)25-11-9-18(26)10-12-25/h3-8,13,15,18,26H,9-12H2,1-2H3,(H,23,27). The number of thiazole rings is 1. The number of amides is 1. The van der Waals surface area contributed by atoms with Gasteiger partial charge in [-0.15, -0.1) is 11.3 Å². The van der Waals surface area contributed by atoms with Crippen LogP contribution in [0.4, 0.5) is 5.69 Å². The average molecular weight is 396 g/mol. The van der Waals surface area contributed by atoms with Crippen molar-refractivity contribution in [2.24, 2.45) is 0 Å². The third kappa shape index (κ3) is 4.09. The third-order valence-electron chi connectivity index (χ3n) is 5.37. The third-order valence-corrected chi connectivity index (χ3v) is 6.44. The molecule has 5 nitrogen and oxygen atoms in total. The van der Waals surface area contributed by atoms with E-state index >= 15 is 0 Å². The molecular weight excluding hydrogens is 370 g/mol. The van der Waals surface area contributed by atoms with Crippen LogP contribution in [0.25, 0.3) is 20.8 Å². The summed E-state index contributed by atoms with van der Waals surface area (Å²) in [4.78, 5) is 19.4. The summed E-state index contributed by atoms with van der Waals surface area (Å²) in [5.41, 5.74) is 4.09. The summed E-state index contributed by atoms with van der Waals surface area (Å²) in [7, 11) is 0. The van der Waals surface area contributed by atoms with E-state index in [0.29, 0.717) is 0 Å². The molecule has 0 radical (unpaired) electrons. The average Bonchev–Trinajstić information content (AvgIpc) is 3.11. The van der Waals surface area contributed by atoms with Gasteiger partial charge in [0.25, 0.3) is 0 Å². The van der Waals surface area contributed by atoms with Crippen LogP contribution in [0.3, 0.4) is 0 Å². The smallest absolute Gasteiger partial charge is 0.241 e. The molecule has 28 heavy (non-hydrogen) atoms. The number of aromatic nitrogens is 1. The Morgan fingerprint density at radius 1 is 1.21 bits per heavy atom. The van der Waals surface area contributed by atoms with Gasteiger partial charge in [0.1, 0.15) is 5.01 Å². The lowest BCUT2D eigenvalue weighted by Crippen LogP contribution is -2.47. The summed E-state index contributed by atoms with van der Waals surface area (Å²) >= 11 is 1.68. The van der Waals surface area contributed by atoms with Crippen molar-refractivity contribution in [1.29, 1.82) is 0 Å². The van der Waals surface area contributed by atoms with E-state index in [0.717, 1.165) is 47.7 Å². The van der Waals surface area contributed by atoms with Gasteiger partial charge in [0.2, 0.25) is 5.91 Å². The van der Waals surface area contributed by atoms with Gasteiger partial charge >= 0.3 is 0 Å². The van der Waals surface area contributed by atoms with Crippen LogP contribution in [0.1, 0.15) is 25.3 Å². The summed E-state index contributed by atoms with van der Waals surface area (Å²) in [6, 6.07) is 13.9. The molecule has 0 saturated carbocycles. The maximum Gasteiger partial charge on any atom is 0.241 e. The van der Waals surface area contributed by atoms with Gasteiger partial charge in [0, 0.05) is 24.3 Å². The first kappa shape index (κ1) is 19.1. The second kappa shape index (κ2) is 7.99. The second-order valence-corrected chi connectivity index (χ2v) is 8.53. The van der Waals surface area contributed by atoms with E-state index in [1.165, 1.54) is 10.3 Å². The van der Waals surface area contributed by atoms with Crippen LogP contribution in [0.5, 0.6) is 0 Å². The number of piperidine rings is 1. The highest BCUT2D eigenvalue weighted by Crippen LogP contribution is 2.31.